The highest BCUT2D eigenvalue weighted by atomic mass is 32.2. The summed E-state index contributed by atoms with van der Waals surface area (Å²) in [6, 6.07) is 24.5. The first-order valence-corrected chi connectivity index (χ1v) is 12.9. The van der Waals surface area contributed by atoms with Crippen molar-refractivity contribution in [1.29, 1.82) is 0 Å². The molecule has 5 rings (SSSR count). The van der Waals surface area contributed by atoms with Gasteiger partial charge in [-0.2, -0.15) is 0 Å². The molecule has 37 heavy (non-hydrogen) atoms. The first-order chi connectivity index (χ1) is 18.0. The second-order valence-corrected chi connectivity index (χ2v) is 9.82. The zero-order chi connectivity index (χ0) is 25.8. The first-order valence-electron chi connectivity index (χ1n) is 12.1. The number of nitrogens with zero attached hydrogens (tertiary/aromatic N) is 3. The summed E-state index contributed by atoms with van der Waals surface area (Å²) in [5, 5.41) is -0.291. The highest BCUT2D eigenvalue weighted by molar-refractivity contribution is 8.18. The van der Waals surface area contributed by atoms with Crippen molar-refractivity contribution < 1.29 is 19.1 Å². The maximum Gasteiger partial charge on any atom is 0.293 e. The number of anilines is 1. The molecule has 0 atom stereocenters. The van der Waals surface area contributed by atoms with Gasteiger partial charge in [0.1, 0.15) is 5.75 Å². The van der Waals surface area contributed by atoms with Crippen LogP contribution in [0.1, 0.15) is 21.5 Å². The molecule has 188 valence electrons. The summed E-state index contributed by atoms with van der Waals surface area (Å²) in [6.45, 7) is 2.85. The van der Waals surface area contributed by atoms with E-state index >= 15 is 0 Å². The van der Waals surface area contributed by atoms with Crippen LogP contribution in [0.2, 0.25) is 0 Å². The number of carbonyl (C=O) groups excluding carboxylic acids is 3. The number of thioether (sulfide) groups is 1. The van der Waals surface area contributed by atoms with Crippen molar-refractivity contribution in [2.45, 2.75) is 6.54 Å². The molecule has 2 fully saturated rings. The lowest BCUT2D eigenvalue weighted by Gasteiger charge is -2.36. The van der Waals surface area contributed by atoms with Gasteiger partial charge in [-0.25, -0.2) is 0 Å². The summed E-state index contributed by atoms with van der Waals surface area (Å²) >= 11 is 0.927. The quantitative estimate of drug-likeness (QED) is 0.437. The maximum atomic E-state index is 13.3. The zero-order valence-electron chi connectivity index (χ0n) is 20.5. The summed E-state index contributed by atoms with van der Waals surface area (Å²) in [5.41, 5.74) is 3.19. The molecule has 2 aliphatic heterocycles. The molecule has 0 saturated carbocycles. The molecule has 2 saturated heterocycles. The van der Waals surface area contributed by atoms with Crippen molar-refractivity contribution >= 4 is 40.6 Å². The van der Waals surface area contributed by atoms with Gasteiger partial charge in [0.25, 0.3) is 17.1 Å². The Kier molecular flexibility index (Phi) is 7.28. The minimum Gasteiger partial charge on any atom is -0.495 e. The Hall–Kier alpha value is -4.04. The van der Waals surface area contributed by atoms with Crippen LogP contribution in [-0.4, -0.2) is 60.1 Å². The summed E-state index contributed by atoms with van der Waals surface area (Å²) in [7, 11) is 1.66. The summed E-state index contributed by atoms with van der Waals surface area (Å²) in [4.78, 5) is 44.3. The van der Waals surface area contributed by atoms with Crippen LogP contribution < -0.4 is 9.64 Å². The van der Waals surface area contributed by atoms with E-state index < -0.39 is 0 Å². The number of ether oxygens (including phenoxy) is 1. The van der Waals surface area contributed by atoms with Crippen molar-refractivity contribution in [1.82, 2.24) is 9.80 Å². The Balaban J connectivity index is 1.25. The van der Waals surface area contributed by atoms with Crippen molar-refractivity contribution in [2.75, 3.05) is 38.2 Å². The molecule has 3 aromatic rings. The van der Waals surface area contributed by atoms with E-state index in [1.165, 1.54) is 4.90 Å². The number of piperazine rings is 1. The van der Waals surface area contributed by atoms with Gasteiger partial charge in [0.15, 0.2) is 0 Å². The summed E-state index contributed by atoms with van der Waals surface area (Å²) in [5.74, 6) is 0.457. The van der Waals surface area contributed by atoms with Crippen LogP contribution in [-0.2, 0) is 11.3 Å². The number of para-hydroxylation sites is 2. The Morgan fingerprint density at radius 1 is 0.919 bits per heavy atom. The van der Waals surface area contributed by atoms with E-state index in [1.807, 2.05) is 65.6 Å². The molecule has 0 aromatic heterocycles. The van der Waals surface area contributed by atoms with E-state index in [2.05, 4.69) is 4.90 Å². The Morgan fingerprint density at radius 3 is 2.41 bits per heavy atom. The minimum atomic E-state index is -0.317. The molecule has 3 amide bonds. The van der Waals surface area contributed by atoms with Gasteiger partial charge in [-0.3, -0.25) is 19.3 Å². The van der Waals surface area contributed by atoms with Crippen LogP contribution in [0.3, 0.4) is 0 Å². The fraction of sp³-hybridized carbons (Fsp3) is 0.207. The van der Waals surface area contributed by atoms with E-state index in [9.17, 15) is 14.4 Å². The third-order valence-electron chi connectivity index (χ3n) is 6.48. The molecule has 8 heteroatoms. The molecular formula is C29H27N3O4S. The minimum absolute atomic E-state index is 0.0490. The second-order valence-electron chi connectivity index (χ2n) is 8.83. The van der Waals surface area contributed by atoms with Gasteiger partial charge in [0.2, 0.25) is 0 Å². The molecule has 0 spiro atoms. The smallest absolute Gasteiger partial charge is 0.293 e. The molecule has 0 bridgehead atoms. The van der Waals surface area contributed by atoms with Crippen LogP contribution in [0.25, 0.3) is 6.08 Å². The van der Waals surface area contributed by atoms with Crippen molar-refractivity contribution in [3.05, 3.63) is 100 Å². The Labute approximate surface area is 220 Å². The molecule has 2 aliphatic rings. The topological polar surface area (TPSA) is 70.2 Å². The largest absolute Gasteiger partial charge is 0.495 e. The second kappa shape index (κ2) is 10.9. The first kappa shape index (κ1) is 24.6. The highest BCUT2D eigenvalue weighted by Gasteiger charge is 2.35. The number of imide groups is 1. The highest BCUT2D eigenvalue weighted by Crippen LogP contribution is 2.33. The zero-order valence-corrected chi connectivity index (χ0v) is 21.3. The van der Waals surface area contributed by atoms with E-state index in [1.54, 1.807) is 31.4 Å². The normalized spacial score (nSPS) is 17.0. The van der Waals surface area contributed by atoms with Gasteiger partial charge in [-0.1, -0.05) is 54.6 Å². The van der Waals surface area contributed by atoms with Crippen LogP contribution in [0.4, 0.5) is 10.5 Å². The van der Waals surface area contributed by atoms with E-state index in [0.717, 1.165) is 28.8 Å². The van der Waals surface area contributed by atoms with Crippen molar-refractivity contribution in [3.63, 3.8) is 0 Å². The lowest BCUT2D eigenvalue weighted by Crippen LogP contribution is -2.48. The molecule has 0 unspecified atom stereocenters. The predicted octanol–water partition coefficient (Wildman–Crippen LogP) is 4.89. The number of carbonyl (C=O) groups is 3. The number of amides is 3. The molecule has 7 nitrogen and oxygen atoms in total. The van der Waals surface area contributed by atoms with Crippen molar-refractivity contribution in [3.8, 4) is 5.75 Å². The Morgan fingerprint density at radius 2 is 1.65 bits per heavy atom. The summed E-state index contributed by atoms with van der Waals surface area (Å²) < 4.78 is 5.48. The van der Waals surface area contributed by atoms with E-state index in [4.69, 9.17) is 4.74 Å². The molecule has 0 aliphatic carbocycles. The Bertz CT molecular complexity index is 1350. The monoisotopic (exact) mass is 513 g/mol. The molecule has 0 N–H and O–H groups in total. The van der Waals surface area contributed by atoms with Crippen molar-refractivity contribution in [2.24, 2.45) is 0 Å². The van der Waals surface area contributed by atoms with Gasteiger partial charge in [-0.15, -0.1) is 0 Å². The number of rotatable bonds is 6. The fourth-order valence-electron chi connectivity index (χ4n) is 4.54. The molecule has 0 radical (unpaired) electrons. The SMILES string of the molecule is COc1ccccc1N1CCN(C(=O)c2cccc(C=C3SC(=O)N(Cc4ccccc4)C3=O)c2)CC1. The third kappa shape index (κ3) is 5.39. The maximum absolute atomic E-state index is 13.3. The van der Waals surface area contributed by atoms with Gasteiger partial charge >= 0.3 is 0 Å². The van der Waals surface area contributed by atoms with Gasteiger partial charge in [0, 0.05) is 31.7 Å². The molecular weight excluding hydrogens is 486 g/mol. The molecule has 2 heterocycles. The predicted molar refractivity (Wildman–Crippen MR) is 146 cm³/mol. The van der Waals surface area contributed by atoms with Crippen LogP contribution in [0.5, 0.6) is 5.75 Å². The van der Waals surface area contributed by atoms with E-state index in [-0.39, 0.29) is 23.6 Å². The number of methoxy groups -OCH3 is 1. The summed E-state index contributed by atoms with van der Waals surface area (Å²) in [6.07, 6.45) is 1.69. The molecule has 3 aromatic carbocycles. The van der Waals surface area contributed by atoms with Gasteiger partial charge in [0.05, 0.1) is 24.2 Å². The lowest BCUT2D eigenvalue weighted by molar-refractivity contribution is -0.123. The lowest BCUT2D eigenvalue weighted by atomic mass is 10.1. The van der Waals surface area contributed by atoms with Crippen LogP contribution >= 0.6 is 11.8 Å². The van der Waals surface area contributed by atoms with E-state index in [0.29, 0.717) is 42.2 Å². The average molecular weight is 514 g/mol. The van der Waals surface area contributed by atoms with Gasteiger partial charge < -0.3 is 14.5 Å². The van der Waals surface area contributed by atoms with Gasteiger partial charge in [-0.05, 0) is 53.2 Å². The van der Waals surface area contributed by atoms with Crippen LogP contribution in [0.15, 0.2) is 83.8 Å². The number of hydrogen-bond donors (Lipinski definition) is 0. The average Bonchev–Trinajstić information content (AvgIpc) is 3.20. The van der Waals surface area contributed by atoms with Crippen LogP contribution in [0, 0.1) is 0 Å². The number of benzene rings is 3. The third-order valence-corrected chi connectivity index (χ3v) is 7.39. The number of hydrogen-bond acceptors (Lipinski definition) is 6. The standard InChI is InChI=1S/C29H27N3O4S/c1-36-25-13-6-5-12-24(25)30-14-16-31(17-15-30)27(33)23-11-7-10-22(18-23)19-26-28(34)32(29(35)37-26)20-21-8-3-2-4-9-21/h2-13,18-19H,14-17,20H2,1H3. The fourth-order valence-corrected chi connectivity index (χ4v) is 5.38.